The maximum absolute atomic E-state index is 11.0. The zero-order chi connectivity index (χ0) is 12.7. The van der Waals surface area contributed by atoms with Crippen molar-refractivity contribution in [1.82, 2.24) is 0 Å². The quantitative estimate of drug-likeness (QED) is 0.404. The number of hydrogen-bond donors (Lipinski definition) is 0. The van der Waals surface area contributed by atoms with Gasteiger partial charge in [0.15, 0.2) is 0 Å². The summed E-state index contributed by atoms with van der Waals surface area (Å²) in [5.41, 5.74) is 0.652. The number of unbranched alkanes of at least 4 members (excludes halogenated alkanes) is 4. The molecule has 3 nitrogen and oxygen atoms in total. The first kappa shape index (κ1) is 18.1. The monoisotopic (exact) mass is 278 g/mol. The van der Waals surface area contributed by atoms with Crippen LogP contribution in [0, 0.1) is 0 Å². The Morgan fingerprint density at radius 1 is 1.06 bits per heavy atom. The van der Waals surface area contributed by atoms with Crippen LogP contribution in [0.1, 0.15) is 44.6 Å². The SMILES string of the molecule is CCCCCCCc1ccccc1S(=O)(=O)[O-].[Na+]. The third kappa shape index (κ3) is 6.34. The molecule has 18 heavy (non-hydrogen) atoms. The van der Waals surface area contributed by atoms with Crippen LogP contribution in [0.25, 0.3) is 0 Å². The van der Waals surface area contributed by atoms with Crippen molar-refractivity contribution in [2.75, 3.05) is 0 Å². The van der Waals surface area contributed by atoms with E-state index in [0.717, 1.165) is 12.8 Å². The summed E-state index contributed by atoms with van der Waals surface area (Å²) >= 11 is 0. The van der Waals surface area contributed by atoms with Crippen molar-refractivity contribution in [3.8, 4) is 0 Å². The molecule has 0 radical (unpaired) electrons. The van der Waals surface area contributed by atoms with Crippen LogP contribution in [-0.4, -0.2) is 13.0 Å². The largest absolute Gasteiger partial charge is 1.00 e. The molecule has 0 N–H and O–H groups in total. The van der Waals surface area contributed by atoms with Gasteiger partial charge in [-0.05, 0) is 24.5 Å². The molecule has 5 heteroatoms. The second-order valence-electron chi connectivity index (χ2n) is 4.23. The topological polar surface area (TPSA) is 57.2 Å². The van der Waals surface area contributed by atoms with Crippen LogP contribution in [0.15, 0.2) is 29.2 Å². The number of hydrogen-bond acceptors (Lipinski definition) is 3. The van der Waals surface area contributed by atoms with Crippen LogP contribution >= 0.6 is 0 Å². The molecule has 0 bridgehead atoms. The zero-order valence-corrected chi connectivity index (χ0v) is 14.0. The van der Waals surface area contributed by atoms with Gasteiger partial charge >= 0.3 is 29.6 Å². The summed E-state index contributed by atoms with van der Waals surface area (Å²) in [7, 11) is -4.33. The molecular weight excluding hydrogens is 259 g/mol. The summed E-state index contributed by atoms with van der Waals surface area (Å²) < 4.78 is 33.1. The third-order valence-corrected chi connectivity index (χ3v) is 3.73. The Hall–Kier alpha value is 0.130. The molecule has 0 amide bonds. The van der Waals surface area contributed by atoms with Gasteiger partial charge in [-0.25, -0.2) is 8.42 Å². The zero-order valence-electron chi connectivity index (χ0n) is 11.2. The van der Waals surface area contributed by atoms with Gasteiger partial charge in [0.25, 0.3) is 0 Å². The molecule has 0 spiro atoms. The first-order chi connectivity index (χ1) is 8.05. The molecule has 0 aliphatic carbocycles. The van der Waals surface area contributed by atoms with E-state index in [2.05, 4.69) is 6.92 Å². The van der Waals surface area contributed by atoms with Gasteiger partial charge in [-0.2, -0.15) is 0 Å². The predicted octanol–water partition coefficient (Wildman–Crippen LogP) is 0.108. The first-order valence-electron chi connectivity index (χ1n) is 6.09. The normalized spacial score (nSPS) is 11.0. The Labute approximate surface area is 132 Å². The molecule has 1 rings (SSSR count). The molecule has 1 aromatic carbocycles. The Kier molecular flexibility index (Phi) is 9.17. The van der Waals surface area contributed by atoms with Crippen molar-refractivity contribution in [3.63, 3.8) is 0 Å². The second-order valence-corrected chi connectivity index (χ2v) is 5.57. The smallest absolute Gasteiger partial charge is 0.744 e. The van der Waals surface area contributed by atoms with Gasteiger partial charge < -0.3 is 4.55 Å². The van der Waals surface area contributed by atoms with E-state index in [0.29, 0.717) is 12.0 Å². The van der Waals surface area contributed by atoms with Gasteiger partial charge in [0.1, 0.15) is 10.1 Å². The molecule has 96 valence electrons. The molecule has 0 heterocycles. The van der Waals surface area contributed by atoms with Gasteiger partial charge in [-0.1, -0.05) is 50.8 Å². The molecule has 0 aliphatic heterocycles. The van der Waals surface area contributed by atoms with Gasteiger partial charge in [0, 0.05) is 0 Å². The summed E-state index contributed by atoms with van der Waals surface area (Å²) in [4.78, 5) is -0.0597. The van der Waals surface area contributed by atoms with Gasteiger partial charge in [-0.3, -0.25) is 0 Å². The number of rotatable bonds is 7. The van der Waals surface area contributed by atoms with Crippen LogP contribution < -0.4 is 29.6 Å². The van der Waals surface area contributed by atoms with E-state index in [-0.39, 0.29) is 34.5 Å². The molecule has 0 aromatic heterocycles. The third-order valence-electron chi connectivity index (χ3n) is 2.79. The fourth-order valence-corrected chi connectivity index (χ4v) is 2.61. The molecule has 0 fully saturated rings. The van der Waals surface area contributed by atoms with E-state index in [4.69, 9.17) is 0 Å². The standard InChI is InChI=1S/C13H20O3S.Na/c1-2-3-4-5-6-9-12-10-7-8-11-13(12)17(14,15)16;/h7-8,10-11H,2-6,9H2,1H3,(H,14,15,16);/q;+1/p-1. The van der Waals surface area contributed by atoms with Crippen molar-refractivity contribution in [1.29, 1.82) is 0 Å². The van der Waals surface area contributed by atoms with Crippen molar-refractivity contribution in [2.45, 2.75) is 50.3 Å². The molecule has 0 saturated heterocycles. The summed E-state index contributed by atoms with van der Waals surface area (Å²) in [6.07, 6.45) is 6.25. The van der Waals surface area contributed by atoms with Crippen LogP contribution in [0.3, 0.4) is 0 Å². The molecule has 0 aliphatic rings. The van der Waals surface area contributed by atoms with E-state index >= 15 is 0 Å². The maximum atomic E-state index is 11.0. The van der Waals surface area contributed by atoms with E-state index in [1.165, 1.54) is 25.3 Å². The maximum Gasteiger partial charge on any atom is 1.00 e. The van der Waals surface area contributed by atoms with Crippen LogP contribution in [0.5, 0.6) is 0 Å². The van der Waals surface area contributed by atoms with E-state index < -0.39 is 10.1 Å². The first-order valence-corrected chi connectivity index (χ1v) is 7.50. The Morgan fingerprint density at radius 2 is 1.67 bits per heavy atom. The molecule has 0 atom stereocenters. The molecule has 0 saturated carbocycles. The molecule has 0 unspecified atom stereocenters. The van der Waals surface area contributed by atoms with Crippen molar-refractivity contribution in [2.24, 2.45) is 0 Å². The van der Waals surface area contributed by atoms with E-state index in [1.807, 2.05) is 0 Å². The van der Waals surface area contributed by atoms with Gasteiger partial charge in [0.05, 0.1) is 4.90 Å². The minimum atomic E-state index is -4.33. The minimum absolute atomic E-state index is 0. The predicted molar refractivity (Wildman–Crippen MR) is 66.9 cm³/mol. The average molecular weight is 278 g/mol. The van der Waals surface area contributed by atoms with E-state index in [1.54, 1.807) is 18.2 Å². The Bertz CT molecular complexity index is 443. The summed E-state index contributed by atoms with van der Waals surface area (Å²) in [6.45, 7) is 2.15. The van der Waals surface area contributed by atoms with Crippen LogP contribution in [0.2, 0.25) is 0 Å². The average Bonchev–Trinajstić information content (AvgIpc) is 2.28. The summed E-state index contributed by atoms with van der Waals surface area (Å²) in [6, 6.07) is 6.48. The van der Waals surface area contributed by atoms with Crippen molar-refractivity contribution >= 4 is 10.1 Å². The van der Waals surface area contributed by atoms with Gasteiger partial charge in [0.2, 0.25) is 0 Å². The molecule has 1 aromatic rings. The Morgan fingerprint density at radius 3 is 2.28 bits per heavy atom. The Balaban J connectivity index is 0.00000289. The molecular formula is C13H19NaO3S. The fraction of sp³-hybridized carbons (Fsp3) is 0.538. The van der Waals surface area contributed by atoms with Gasteiger partial charge in [-0.15, -0.1) is 0 Å². The van der Waals surface area contributed by atoms with Crippen LogP contribution in [0.4, 0.5) is 0 Å². The number of benzene rings is 1. The second kappa shape index (κ2) is 9.10. The van der Waals surface area contributed by atoms with E-state index in [9.17, 15) is 13.0 Å². The fourth-order valence-electron chi connectivity index (χ4n) is 1.87. The van der Waals surface area contributed by atoms with Crippen molar-refractivity contribution in [3.05, 3.63) is 29.8 Å². The summed E-state index contributed by atoms with van der Waals surface area (Å²) in [5.74, 6) is 0. The van der Waals surface area contributed by atoms with Crippen molar-refractivity contribution < 1.29 is 42.5 Å². The summed E-state index contributed by atoms with van der Waals surface area (Å²) in [5, 5.41) is 0. The number of aryl methyl sites for hydroxylation is 1. The minimum Gasteiger partial charge on any atom is -0.744 e. The van der Waals surface area contributed by atoms with Crippen LogP contribution in [-0.2, 0) is 16.5 Å².